The average Bonchev–Trinajstić information content (AvgIpc) is 2.76. The van der Waals surface area contributed by atoms with Crippen molar-refractivity contribution in [2.24, 2.45) is 17.6 Å². The smallest absolute Gasteiger partial charge is 0.134 e. The second-order valence-electron chi connectivity index (χ2n) is 6.28. The zero-order chi connectivity index (χ0) is 14.3. The number of fused-ring (bicyclic) bond motifs is 1. The molecule has 1 fully saturated rings. The summed E-state index contributed by atoms with van der Waals surface area (Å²) in [6.07, 6.45) is 4.80. The molecule has 3 heteroatoms. The largest absolute Gasteiger partial charge is 0.459 e. The van der Waals surface area contributed by atoms with Gasteiger partial charge >= 0.3 is 0 Å². The molecule has 1 aromatic carbocycles. The second-order valence-corrected chi connectivity index (χ2v) is 6.28. The van der Waals surface area contributed by atoms with Crippen LogP contribution >= 0.6 is 0 Å². The van der Waals surface area contributed by atoms with Crippen LogP contribution in [0.3, 0.4) is 0 Å². The molecule has 2 aromatic rings. The van der Waals surface area contributed by atoms with Crippen molar-refractivity contribution in [2.45, 2.75) is 45.6 Å². The van der Waals surface area contributed by atoms with Gasteiger partial charge in [0.25, 0.3) is 0 Å². The van der Waals surface area contributed by atoms with Crippen molar-refractivity contribution in [3.8, 4) is 0 Å². The van der Waals surface area contributed by atoms with Crippen LogP contribution in [0.2, 0.25) is 0 Å². The number of hydrogen-bond donors (Lipinski definition) is 1. The molecule has 1 aliphatic rings. The minimum atomic E-state index is -0.229. The van der Waals surface area contributed by atoms with Crippen LogP contribution in [-0.2, 0) is 0 Å². The van der Waals surface area contributed by atoms with Gasteiger partial charge in [-0.15, -0.1) is 0 Å². The molecular weight excluding hydrogens is 253 g/mol. The first-order chi connectivity index (χ1) is 9.56. The maximum absolute atomic E-state index is 13.4. The van der Waals surface area contributed by atoms with Crippen LogP contribution in [-0.4, -0.2) is 0 Å². The number of furan rings is 1. The summed E-state index contributed by atoms with van der Waals surface area (Å²) < 4.78 is 19.3. The molecule has 0 aliphatic heterocycles. The molecule has 2 nitrogen and oxygen atoms in total. The quantitative estimate of drug-likeness (QED) is 0.862. The predicted octanol–water partition coefficient (Wildman–Crippen LogP) is 4.71. The van der Waals surface area contributed by atoms with E-state index in [4.69, 9.17) is 10.2 Å². The van der Waals surface area contributed by atoms with Crippen LogP contribution < -0.4 is 5.73 Å². The molecule has 1 heterocycles. The van der Waals surface area contributed by atoms with Gasteiger partial charge in [0.15, 0.2) is 0 Å². The van der Waals surface area contributed by atoms with Crippen molar-refractivity contribution in [3.05, 3.63) is 35.3 Å². The van der Waals surface area contributed by atoms with Crippen molar-refractivity contribution in [2.75, 3.05) is 0 Å². The van der Waals surface area contributed by atoms with Crippen LogP contribution in [0.1, 0.15) is 50.0 Å². The van der Waals surface area contributed by atoms with Crippen LogP contribution in [0.25, 0.3) is 11.0 Å². The standard InChI is InChI=1S/C17H22FNO/c1-10-3-5-12(6-4-10)16(19)17-11(2)14-9-13(18)7-8-15(14)20-17/h7-10,12,16H,3-6,19H2,1-2H3. The molecule has 2 N–H and O–H groups in total. The zero-order valence-corrected chi connectivity index (χ0v) is 12.2. The fraction of sp³-hybridized carbons (Fsp3) is 0.529. The van der Waals surface area contributed by atoms with Crippen LogP contribution in [0.4, 0.5) is 4.39 Å². The fourth-order valence-corrected chi connectivity index (χ4v) is 3.39. The molecule has 1 saturated carbocycles. The van der Waals surface area contributed by atoms with Crippen molar-refractivity contribution < 1.29 is 8.81 Å². The first-order valence-electron chi connectivity index (χ1n) is 7.50. The normalized spacial score (nSPS) is 25.0. The monoisotopic (exact) mass is 275 g/mol. The topological polar surface area (TPSA) is 39.2 Å². The Bertz CT molecular complexity index is 611. The summed E-state index contributed by atoms with van der Waals surface area (Å²) in [5.41, 5.74) is 8.16. The van der Waals surface area contributed by atoms with E-state index >= 15 is 0 Å². The molecule has 0 spiro atoms. The SMILES string of the molecule is Cc1c(C(N)C2CCC(C)CC2)oc2ccc(F)cc12. The number of nitrogens with two attached hydrogens (primary N) is 1. The zero-order valence-electron chi connectivity index (χ0n) is 12.2. The van der Waals surface area contributed by atoms with Crippen LogP contribution in [0.5, 0.6) is 0 Å². The molecule has 108 valence electrons. The summed E-state index contributed by atoms with van der Waals surface area (Å²) in [5.74, 6) is 1.90. The summed E-state index contributed by atoms with van der Waals surface area (Å²) in [6, 6.07) is 4.59. The molecule has 1 atom stereocenters. The maximum Gasteiger partial charge on any atom is 0.134 e. The average molecular weight is 275 g/mol. The van der Waals surface area contributed by atoms with E-state index in [1.807, 2.05) is 6.92 Å². The van der Waals surface area contributed by atoms with Gasteiger partial charge in [-0.3, -0.25) is 0 Å². The molecule has 1 unspecified atom stereocenters. The second kappa shape index (κ2) is 5.21. The molecule has 1 aliphatic carbocycles. The third-order valence-electron chi connectivity index (χ3n) is 4.81. The Hall–Kier alpha value is -1.35. The molecular formula is C17H22FNO. The third kappa shape index (κ3) is 2.35. The highest BCUT2D eigenvalue weighted by molar-refractivity contribution is 5.82. The summed E-state index contributed by atoms with van der Waals surface area (Å²) >= 11 is 0. The summed E-state index contributed by atoms with van der Waals surface area (Å²) in [5, 5.41) is 0.847. The highest BCUT2D eigenvalue weighted by Gasteiger charge is 2.28. The van der Waals surface area contributed by atoms with Gasteiger partial charge in [-0.25, -0.2) is 4.39 Å². The van der Waals surface area contributed by atoms with Gasteiger partial charge in [-0.05, 0) is 49.8 Å². The number of rotatable bonds is 2. The minimum Gasteiger partial charge on any atom is -0.459 e. The van der Waals surface area contributed by atoms with E-state index in [1.54, 1.807) is 6.07 Å². The van der Waals surface area contributed by atoms with Gasteiger partial charge < -0.3 is 10.2 Å². The Balaban J connectivity index is 1.91. The molecule has 0 bridgehead atoms. The van der Waals surface area contributed by atoms with Gasteiger partial charge in [0.2, 0.25) is 0 Å². The van der Waals surface area contributed by atoms with E-state index in [0.717, 1.165) is 41.1 Å². The van der Waals surface area contributed by atoms with E-state index in [0.29, 0.717) is 5.92 Å². The van der Waals surface area contributed by atoms with E-state index in [9.17, 15) is 4.39 Å². The Kier molecular flexibility index (Phi) is 3.55. The van der Waals surface area contributed by atoms with Gasteiger partial charge in [0.1, 0.15) is 17.2 Å². The van der Waals surface area contributed by atoms with Gasteiger partial charge in [0, 0.05) is 10.9 Å². The lowest BCUT2D eigenvalue weighted by Gasteiger charge is -2.29. The van der Waals surface area contributed by atoms with Gasteiger partial charge in [-0.2, -0.15) is 0 Å². The van der Waals surface area contributed by atoms with Gasteiger partial charge in [-0.1, -0.05) is 19.8 Å². The Morgan fingerprint density at radius 2 is 1.95 bits per heavy atom. The maximum atomic E-state index is 13.4. The minimum absolute atomic E-state index is 0.0713. The first kappa shape index (κ1) is 13.6. The van der Waals surface area contributed by atoms with E-state index in [1.165, 1.54) is 25.0 Å². The summed E-state index contributed by atoms with van der Waals surface area (Å²) in [6.45, 7) is 4.28. The number of aryl methyl sites for hydroxylation is 1. The first-order valence-corrected chi connectivity index (χ1v) is 7.50. The highest BCUT2D eigenvalue weighted by atomic mass is 19.1. The molecule has 20 heavy (non-hydrogen) atoms. The lowest BCUT2D eigenvalue weighted by molar-refractivity contribution is 0.240. The number of benzene rings is 1. The Labute approximate surface area is 119 Å². The Morgan fingerprint density at radius 1 is 1.25 bits per heavy atom. The predicted molar refractivity (Wildman–Crippen MR) is 79.0 cm³/mol. The van der Waals surface area contributed by atoms with Crippen molar-refractivity contribution in [3.63, 3.8) is 0 Å². The lowest BCUT2D eigenvalue weighted by atomic mass is 9.78. The van der Waals surface area contributed by atoms with E-state index < -0.39 is 0 Å². The van der Waals surface area contributed by atoms with Crippen LogP contribution in [0, 0.1) is 24.6 Å². The summed E-state index contributed by atoms with van der Waals surface area (Å²) in [7, 11) is 0. The molecule has 0 amide bonds. The van der Waals surface area contributed by atoms with E-state index in [2.05, 4.69) is 6.92 Å². The van der Waals surface area contributed by atoms with E-state index in [-0.39, 0.29) is 11.9 Å². The van der Waals surface area contributed by atoms with Crippen molar-refractivity contribution in [1.29, 1.82) is 0 Å². The molecule has 0 radical (unpaired) electrons. The summed E-state index contributed by atoms with van der Waals surface area (Å²) in [4.78, 5) is 0. The number of hydrogen-bond acceptors (Lipinski definition) is 2. The Morgan fingerprint density at radius 3 is 2.65 bits per heavy atom. The fourth-order valence-electron chi connectivity index (χ4n) is 3.39. The van der Waals surface area contributed by atoms with Crippen LogP contribution in [0.15, 0.2) is 22.6 Å². The highest BCUT2D eigenvalue weighted by Crippen LogP contribution is 2.38. The third-order valence-corrected chi connectivity index (χ3v) is 4.81. The molecule has 3 rings (SSSR count). The lowest BCUT2D eigenvalue weighted by Crippen LogP contribution is -2.25. The number of halogens is 1. The molecule has 1 aromatic heterocycles. The van der Waals surface area contributed by atoms with Crippen molar-refractivity contribution >= 4 is 11.0 Å². The van der Waals surface area contributed by atoms with Crippen molar-refractivity contribution in [1.82, 2.24) is 0 Å². The molecule has 0 saturated heterocycles. The van der Waals surface area contributed by atoms with Gasteiger partial charge in [0.05, 0.1) is 6.04 Å².